The van der Waals surface area contributed by atoms with Crippen molar-refractivity contribution in [3.63, 3.8) is 0 Å². The highest BCUT2D eigenvalue weighted by Gasteiger charge is 2.35. The number of hydrogen-bond acceptors (Lipinski definition) is 3. The summed E-state index contributed by atoms with van der Waals surface area (Å²) in [4.78, 5) is 2.65. The smallest absolute Gasteiger partial charge is 0.0535 e. The van der Waals surface area contributed by atoms with Crippen LogP contribution in [0.2, 0.25) is 0 Å². The summed E-state index contributed by atoms with van der Waals surface area (Å²) in [6.07, 6.45) is 2.52. The van der Waals surface area contributed by atoms with Crippen molar-refractivity contribution >= 4 is 0 Å². The van der Waals surface area contributed by atoms with E-state index in [-0.39, 0.29) is 5.54 Å². The quantitative estimate of drug-likeness (QED) is 0.922. The van der Waals surface area contributed by atoms with E-state index in [1.165, 1.54) is 24.9 Å². The summed E-state index contributed by atoms with van der Waals surface area (Å²) < 4.78 is 5.50. The fourth-order valence-electron chi connectivity index (χ4n) is 3.58. The molecule has 0 radical (unpaired) electrons. The molecular weight excluding hydrogens is 260 g/mol. The maximum absolute atomic E-state index is 5.50. The van der Waals surface area contributed by atoms with E-state index in [2.05, 4.69) is 54.4 Å². The van der Waals surface area contributed by atoms with Crippen molar-refractivity contribution in [3.8, 4) is 0 Å². The predicted molar refractivity (Wildman–Crippen MR) is 86.4 cm³/mol. The molecule has 116 valence electrons. The van der Waals surface area contributed by atoms with Crippen LogP contribution in [0.25, 0.3) is 0 Å². The highest BCUT2D eigenvalue weighted by molar-refractivity contribution is 5.25. The zero-order chi connectivity index (χ0) is 14.7. The van der Waals surface area contributed by atoms with Crippen LogP contribution in [0.5, 0.6) is 0 Å². The van der Waals surface area contributed by atoms with Gasteiger partial charge in [-0.2, -0.15) is 0 Å². The molecule has 1 N–H and O–H groups in total. The van der Waals surface area contributed by atoms with E-state index in [0.717, 1.165) is 32.2 Å². The van der Waals surface area contributed by atoms with Gasteiger partial charge in [-0.15, -0.1) is 0 Å². The lowest BCUT2D eigenvalue weighted by molar-refractivity contribution is 0.0870. The Kier molecular flexibility index (Phi) is 4.63. The van der Waals surface area contributed by atoms with E-state index in [1.54, 1.807) is 0 Å². The minimum atomic E-state index is 0.0694. The largest absolute Gasteiger partial charge is 0.381 e. The van der Waals surface area contributed by atoms with Crippen LogP contribution in [0.4, 0.5) is 0 Å². The van der Waals surface area contributed by atoms with Gasteiger partial charge in [0.2, 0.25) is 0 Å². The van der Waals surface area contributed by atoms with Crippen molar-refractivity contribution in [2.24, 2.45) is 5.92 Å². The van der Waals surface area contributed by atoms with Gasteiger partial charge in [0.15, 0.2) is 0 Å². The van der Waals surface area contributed by atoms with E-state index in [0.29, 0.717) is 6.04 Å². The second-order valence-corrected chi connectivity index (χ2v) is 6.92. The third-order valence-corrected chi connectivity index (χ3v) is 5.19. The molecule has 2 heterocycles. The zero-order valence-corrected chi connectivity index (χ0v) is 13.3. The van der Waals surface area contributed by atoms with Crippen LogP contribution in [0.15, 0.2) is 30.3 Å². The van der Waals surface area contributed by atoms with Gasteiger partial charge >= 0.3 is 0 Å². The zero-order valence-electron chi connectivity index (χ0n) is 13.3. The molecular formula is C18H28N2O. The van der Waals surface area contributed by atoms with Gasteiger partial charge in [0, 0.05) is 32.3 Å². The van der Waals surface area contributed by atoms with Gasteiger partial charge in [0.25, 0.3) is 0 Å². The third-order valence-electron chi connectivity index (χ3n) is 5.19. The summed E-state index contributed by atoms with van der Waals surface area (Å²) in [5.74, 6) is 0.773. The van der Waals surface area contributed by atoms with Gasteiger partial charge in [0.05, 0.1) is 5.54 Å². The number of piperazine rings is 1. The van der Waals surface area contributed by atoms with Crippen molar-refractivity contribution in [2.75, 3.05) is 32.8 Å². The number of hydrogen-bond donors (Lipinski definition) is 1. The highest BCUT2D eigenvalue weighted by Crippen LogP contribution is 2.27. The Morgan fingerprint density at radius 2 is 2.14 bits per heavy atom. The molecule has 1 aromatic rings. The Morgan fingerprint density at radius 1 is 1.33 bits per heavy atom. The monoisotopic (exact) mass is 288 g/mol. The SMILES string of the molecule is CC1CNC(C)(c2ccccc2)CN1CCC1CCOC1. The maximum atomic E-state index is 5.50. The minimum absolute atomic E-state index is 0.0694. The Morgan fingerprint density at radius 3 is 2.86 bits per heavy atom. The number of rotatable bonds is 4. The maximum Gasteiger partial charge on any atom is 0.0535 e. The Hall–Kier alpha value is -0.900. The molecule has 3 unspecified atom stereocenters. The summed E-state index contributed by atoms with van der Waals surface area (Å²) in [7, 11) is 0. The van der Waals surface area contributed by atoms with Gasteiger partial charge in [-0.05, 0) is 44.7 Å². The molecule has 0 spiro atoms. The summed E-state index contributed by atoms with van der Waals surface area (Å²) in [5.41, 5.74) is 1.46. The van der Waals surface area contributed by atoms with Crippen LogP contribution in [0.1, 0.15) is 32.3 Å². The van der Waals surface area contributed by atoms with Gasteiger partial charge in [-0.3, -0.25) is 4.90 Å². The molecule has 3 atom stereocenters. The minimum Gasteiger partial charge on any atom is -0.381 e. The Balaban J connectivity index is 1.63. The van der Waals surface area contributed by atoms with E-state index in [9.17, 15) is 0 Å². The molecule has 3 rings (SSSR count). The van der Waals surface area contributed by atoms with Crippen LogP contribution < -0.4 is 5.32 Å². The molecule has 0 saturated carbocycles. The fraction of sp³-hybridized carbons (Fsp3) is 0.667. The first-order valence-electron chi connectivity index (χ1n) is 8.30. The lowest BCUT2D eigenvalue weighted by atomic mass is 9.88. The summed E-state index contributed by atoms with van der Waals surface area (Å²) in [6, 6.07) is 11.5. The molecule has 0 bridgehead atoms. The lowest BCUT2D eigenvalue weighted by Crippen LogP contribution is -2.60. The second kappa shape index (κ2) is 6.47. The molecule has 3 nitrogen and oxygen atoms in total. The summed E-state index contributed by atoms with van der Waals surface area (Å²) in [6.45, 7) is 9.94. The summed E-state index contributed by atoms with van der Waals surface area (Å²) >= 11 is 0. The first kappa shape index (κ1) is 15.0. The van der Waals surface area contributed by atoms with Crippen LogP contribution >= 0.6 is 0 Å². The van der Waals surface area contributed by atoms with Gasteiger partial charge in [-0.25, -0.2) is 0 Å². The first-order chi connectivity index (χ1) is 10.2. The van der Waals surface area contributed by atoms with Crippen molar-refractivity contribution in [2.45, 2.75) is 38.3 Å². The number of nitrogens with one attached hydrogen (secondary N) is 1. The van der Waals surface area contributed by atoms with E-state index < -0.39 is 0 Å². The first-order valence-corrected chi connectivity index (χ1v) is 8.30. The molecule has 0 aromatic heterocycles. The lowest BCUT2D eigenvalue weighted by Gasteiger charge is -2.45. The molecule has 2 fully saturated rings. The third kappa shape index (κ3) is 3.47. The van der Waals surface area contributed by atoms with Crippen LogP contribution in [0.3, 0.4) is 0 Å². The molecule has 2 aliphatic rings. The van der Waals surface area contributed by atoms with Crippen molar-refractivity contribution in [3.05, 3.63) is 35.9 Å². The molecule has 2 saturated heterocycles. The second-order valence-electron chi connectivity index (χ2n) is 6.92. The molecule has 3 heteroatoms. The molecule has 2 aliphatic heterocycles. The van der Waals surface area contributed by atoms with Crippen molar-refractivity contribution in [1.29, 1.82) is 0 Å². The topological polar surface area (TPSA) is 24.5 Å². The van der Waals surface area contributed by atoms with E-state index in [4.69, 9.17) is 4.74 Å². The molecule has 0 amide bonds. The van der Waals surface area contributed by atoms with Crippen LogP contribution in [-0.2, 0) is 10.3 Å². The van der Waals surface area contributed by atoms with Gasteiger partial charge in [-0.1, -0.05) is 30.3 Å². The summed E-state index contributed by atoms with van der Waals surface area (Å²) in [5, 5.41) is 3.75. The Bertz CT molecular complexity index is 444. The highest BCUT2D eigenvalue weighted by atomic mass is 16.5. The molecule has 0 aliphatic carbocycles. The Labute approximate surface area is 128 Å². The normalized spacial score (nSPS) is 34.2. The molecule has 1 aromatic carbocycles. The van der Waals surface area contributed by atoms with Crippen LogP contribution in [0, 0.1) is 5.92 Å². The standard InChI is InChI=1S/C18H28N2O/c1-15-12-19-18(2,17-6-4-3-5-7-17)14-20(15)10-8-16-9-11-21-13-16/h3-7,15-16,19H,8-14H2,1-2H3. The van der Waals surface area contributed by atoms with E-state index in [1.807, 2.05) is 0 Å². The van der Waals surface area contributed by atoms with Crippen molar-refractivity contribution < 1.29 is 4.74 Å². The number of benzene rings is 1. The number of nitrogens with zero attached hydrogens (tertiary/aromatic N) is 1. The van der Waals surface area contributed by atoms with Gasteiger partial charge < -0.3 is 10.1 Å². The van der Waals surface area contributed by atoms with Gasteiger partial charge in [0.1, 0.15) is 0 Å². The average molecular weight is 288 g/mol. The van der Waals surface area contributed by atoms with Crippen molar-refractivity contribution in [1.82, 2.24) is 10.2 Å². The molecule has 21 heavy (non-hydrogen) atoms. The fourth-order valence-corrected chi connectivity index (χ4v) is 3.58. The average Bonchev–Trinajstić information content (AvgIpc) is 3.03. The predicted octanol–water partition coefficient (Wildman–Crippen LogP) is 2.62. The number of ether oxygens (including phenoxy) is 1. The van der Waals surface area contributed by atoms with E-state index >= 15 is 0 Å². The van der Waals surface area contributed by atoms with Crippen LogP contribution in [-0.4, -0.2) is 43.8 Å².